The molecular formula is C18H19NO5. The van der Waals surface area contributed by atoms with Gasteiger partial charge in [0.15, 0.2) is 0 Å². The molecule has 6 nitrogen and oxygen atoms in total. The van der Waals surface area contributed by atoms with Crippen LogP contribution in [0.4, 0.5) is 0 Å². The summed E-state index contributed by atoms with van der Waals surface area (Å²) in [7, 11) is 2.65. The second kappa shape index (κ2) is 7.61. The predicted molar refractivity (Wildman–Crippen MR) is 88.2 cm³/mol. The van der Waals surface area contributed by atoms with Crippen molar-refractivity contribution in [2.45, 2.75) is 5.92 Å². The van der Waals surface area contributed by atoms with Crippen molar-refractivity contribution >= 4 is 11.9 Å². The van der Waals surface area contributed by atoms with E-state index in [1.54, 1.807) is 24.3 Å². The van der Waals surface area contributed by atoms with Gasteiger partial charge in [-0.15, -0.1) is 0 Å². The van der Waals surface area contributed by atoms with Crippen LogP contribution in [0.1, 0.15) is 37.8 Å². The SMILES string of the molecule is CNC(=O)c1cc(C(=O)OC)cc(C(CO)c2ccccc2)c1O. The van der Waals surface area contributed by atoms with Gasteiger partial charge in [-0.05, 0) is 17.7 Å². The van der Waals surface area contributed by atoms with Crippen LogP contribution in [0.25, 0.3) is 0 Å². The normalized spacial score (nSPS) is 11.6. The van der Waals surface area contributed by atoms with Crippen LogP contribution in [-0.2, 0) is 4.74 Å². The molecule has 3 N–H and O–H groups in total. The number of aliphatic hydroxyl groups excluding tert-OH is 1. The van der Waals surface area contributed by atoms with Crippen LogP contribution in [0.3, 0.4) is 0 Å². The van der Waals surface area contributed by atoms with E-state index in [-0.39, 0.29) is 29.0 Å². The third-order valence-corrected chi connectivity index (χ3v) is 3.79. The lowest BCUT2D eigenvalue weighted by atomic mass is 9.88. The number of benzene rings is 2. The summed E-state index contributed by atoms with van der Waals surface area (Å²) in [6.07, 6.45) is 0. The maximum Gasteiger partial charge on any atom is 0.337 e. The third kappa shape index (κ3) is 3.38. The lowest BCUT2D eigenvalue weighted by Gasteiger charge is -2.19. The number of esters is 1. The predicted octanol–water partition coefficient (Wildman–Crippen LogP) is 1.66. The maximum absolute atomic E-state index is 12.0. The topological polar surface area (TPSA) is 95.9 Å². The van der Waals surface area contributed by atoms with E-state index >= 15 is 0 Å². The molecule has 0 heterocycles. The van der Waals surface area contributed by atoms with Crippen molar-refractivity contribution in [3.05, 3.63) is 64.7 Å². The van der Waals surface area contributed by atoms with Gasteiger partial charge in [-0.2, -0.15) is 0 Å². The van der Waals surface area contributed by atoms with E-state index in [9.17, 15) is 19.8 Å². The molecule has 0 saturated heterocycles. The highest BCUT2D eigenvalue weighted by atomic mass is 16.5. The minimum atomic E-state index is -0.633. The molecule has 0 aliphatic heterocycles. The largest absolute Gasteiger partial charge is 0.507 e. The third-order valence-electron chi connectivity index (χ3n) is 3.79. The van der Waals surface area contributed by atoms with Crippen molar-refractivity contribution in [2.75, 3.05) is 20.8 Å². The molecule has 0 radical (unpaired) electrons. The van der Waals surface area contributed by atoms with Crippen molar-refractivity contribution in [1.82, 2.24) is 5.32 Å². The van der Waals surface area contributed by atoms with Gasteiger partial charge in [-0.1, -0.05) is 30.3 Å². The van der Waals surface area contributed by atoms with Gasteiger partial charge in [-0.25, -0.2) is 4.79 Å². The summed E-state index contributed by atoms with van der Waals surface area (Å²) >= 11 is 0. The van der Waals surface area contributed by atoms with Crippen LogP contribution in [0.15, 0.2) is 42.5 Å². The Hall–Kier alpha value is -2.86. The molecule has 0 aromatic heterocycles. The second-order valence-corrected chi connectivity index (χ2v) is 5.18. The zero-order chi connectivity index (χ0) is 17.7. The number of carbonyl (C=O) groups excluding carboxylic acids is 2. The van der Waals surface area contributed by atoms with E-state index in [4.69, 9.17) is 4.74 Å². The molecule has 1 atom stereocenters. The van der Waals surface area contributed by atoms with Crippen LogP contribution < -0.4 is 5.32 Å². The van der Waals surface area contributed by atoms with Gasteiger partial charge in [0.25, 0.3) is 5.91 Å². The molecule has 2 aromatic carbocycles. The smallest absolute Gasteiger partial charge is 0.337 e. The monoisotopic (exact) mass is 329 g/mol. The first-order valence-electron chi connectivity index (χ1n) is 7.36. The van der Waals surface area contributed by atoms with Crippen LogP contribution in [0.5, 0.6) is 5.75 Å². The first-order valence-corrected chi connectivity index (χ1v) is 7.36. The number of amides is 1. The summed E-state index contributed by atoms with van der Waals surface area (Å²) in [5, 5.41) is 22.7. The molecular weight excluding hydrogens is 310 g/mol. The zero-order valence-electron chi connectivity index (χ0n) is 13.4. The molecule has 6 heteroatoms. The van der Waals surface area contributed by atoms with Crippen molar-refractivity contribution in [1.29, 1.82) is 0 Å². The molecule has 2 rings (SSSR count). The highest BCUT2D eigenvalue weighted by Gasteiger charge is 2.24. The molecule has 0 spiro atoms. The highest BCUT2D eigenvalue weighted by molar-refractivity contribution is 6.00. The molecule has 0 aliphatic carbocycles. The number of carbonyl (C=O) groups is 2. The number of hydrogen-bond donors (Lipinski definition) is 3. The Labute approximate surface area is 139 Å². The number of aromatic hydroxyl groups is 1. The molecule has 0 bridgehead atoms. The Morgan fingerprint density at radius 2 is 1.88 bits per heavy atom. The van der Waals surface area contributed by atoms with Gasteiger partial charge in [0.05, 0.1) is 24.8 Å². The minimum Gasteiger partial charge on any atom is -0.507 e. The zero-order valence-corrected chi connectivity index (χ0v) is 13.4. The van der Waals surface area contributed by atoms with E-state index in [1.807, 2.05) is 6.07 Å². The lowest BCUT2D eigenvalue weighted by molar-refractivity contribution is 0.0600. The Morgan fingerprint density at radius 3 is 2.42 bits per heavy atom. The van der Waals surface area contributed by atoms with E-state index in [0.29, 0.717) is 0 Å². The van der Waals surface area contributed by atoms with Gasteiger partial charge >= 0.3 is 5.97 Å². The molecule has 1 unspecified atom stereocenters. The Bertz CT molecular complexity index is 743. The Morgan fingerprint density at radius 1 is 1.21 bits per heavy atom. The average molecular weight is 329 g/mol. The number of aliphatic hydroxyl groups is 1. The number of hydrogen-bond acceptors (Lipinski definition) is 5. The minimum absolute atomic E-state index is 0.0511. The molecule has 24 heavy (non-hydrogen) atoms. The quantitative estimate of drug-likeness (QED) is 0.725. The molecule has 2 aromatic rings. The van der Waals surface area contributed by atoms with E-state index in [0.717, 1.165) is 5.56 Å². The van der Waals surface area contributed by atoms with Gasteiger partial charge in [0, 0.05) is 18.5 Å². The first kappa shape index (κ1) is 17.5. The summed E-state index contributed by atoms with van der Waals surface area (Å²) < 4.78 is 4.70. The van der Waals surface area contributed by atoms with Crippen molar-refractivity contribution in [2.24, 2.45) is 0 Å². The molecule has 1 amide bonds. The fourth-order valence-corrected chi connectivity index (χ4v) is 2.53. The first-order chi connectivity index (χ1) is 11.5. The standard InChI is InChI=1S/C18H19NO5/c1-19-17(22)14-9-12(18(23)24-2)8-13(16(14)21)15(10-20)11-6-4-3-5-7-11/h3-9,15,20-21H,10H2,1-2H3,(H,19,22). The molecule has 126 valence electrons. The summed E-state index contributed by atoms with van der Waals surface area (Å²) in [5.74, 6) is -2.03. The summed E-state index contributed by atoms with van der Waals surface area (Å²) in [6, 6.07) is 11.7. The van der Waals surface area contributed by atoms with E-state index in [2.05, 4.69) is 5.32 Å². The highest BCUT2D eigenvalue weighted by Crippen LogP contribution is 2.35. The number of rotatable bonds is 5. The molecule has 0 aliphatic rings. The van der Waals surface area contributed by atoms with Crippen LogP contribution in [-0.4, -0.2) is 42.9 Å². The summed E-state index contributed by atoms with van der Waals surface area (Å²) in [5.41, 5.74) is 1.11. The van der Waals surface area contributed by atoms with Crippen molar-refractivity contribution in [3.63, 3.8) is 0 Å². The van der Waals surface area contributed by atoms with Crippen molar-refractivity contribution < 1.29 is 24.5 Å². The van der Waals surface area contributed by atoms with Crippen LogP contribution in [0, 0.1) is 0 Å². The number of nitrogens with one attached hydrogen (secondary N) is 1. The Kier molecular flexibility index (Phi) is 5.55. The number of phenolic OH excluding ortho intramolecular Hbond substituents is 1. The summed E-state index contributed by atoms with van der Waals surface area (Å²) in [6.45, 7) is -0.296. The average Bonchev–Trinajstić information content (AvgIpc) is 2.63. The summed E-state index contributed by atoms with van der Waals surface area (Å²) in [4.78, 5) is 23.9. The van der Waals surface area contributed by atoms with Crippen molar-refractivity contribution in [3.8, 4) is 5.75 Å². The fraction of sp³-hybridized carbons (Fsp3) is 0.222. The lowest BCUT2D eigenvalue weighted by Crippen LogP contribution is -2.20. The number of phenols is 1. The van der Waals surface area contributed by atoms with Gasteiger partial charge in [0.2, 0.25) is 0 Å². The second-order valence-electron chi connectivity index (χ2n) is 5.18. The number of ether oxygens (including phenoxy) is 1. The fourth-order valence-electron chi connectivity index (χ4n) is 2.53. The van der Waals surface area contributed by atoms with E-state index < -0.39 is 17.8 Å². The Balaban J connectivity index is 2.66. The van der Waals surface area contributed by atoms with Crippen LogP contribution in [0.2, 0.25) is 0 Å². The molecule has 0 fully saturated rings. The van der Waals surface area contributed by atoms with Gasteiger partial charge in [-0.3, -0.25) is 4.79 Å². The van der Waals surface area contributed by atoms with Gasteiger partial charge in [0.1, 0.15) is 5.75 Å². The molecule has 0 saturated carbocycles. The number of methoxy groups -OCH3 is 1. The van der Waals surface area contributed by atoms with Gasteiger partial charge < -0.3 is 20.3 Å². The maximum atomic E-state index is 12.0. The van der Waals surface area contributed by atoms with Crippen LogP contribution >= 0.6 is 0 Å². The van der Waals surface area contributed by atoms with E-state index in [1.165, 1.54) is 26.3 Å².